The van der Waals surface area contributed by atoms with E-state index in [1.54, 1.807) is 38.4 Å². The van der Waals surface area contributed by atoms with Gasteiger partial charge in [0.05, 0.1) is 5.54 Å². The Bertz CT molecular complexity index is 656. The van der Waals surface area contributed by atoms with Gasteiger partial charge in [-0.05, 0) is 31.4 Å². The molecule has 0 aliphatic heterocycles. The number of ether oxygens (including phenoxy) is 1. The molecule has 1 aliphatic carbocycles. The number of anilines is 1. The SMILES string of the molecule is CN(C)C(=O)COc1cccc(NC(=O)NC2(CC(N)=O)CCC2)c1. The Kier molecular flexibility index (Phi) is 5.84. The van der Waals surface area contributed by atoms with Crippen LogP contribution in [0.5, 0.6) is 5.75 Å². The lowest BCUT2D eigenvalue weighted by molar-refractivity contribution is -0.130. The molecule has 8 nitrogen and oxygen atoms in total. The molecule has 1 aromatic carbocycles. The van der Waals surface area contributed by atoms with Gasteiger partial charge < -0.3 is 26.0 Å². The molecule has 1 fully saturated rings. The number of nitrogens with two attached hydrogens (primary N) is 1. The second-order valence-corrected chi connectivity index (χ2v) is 6.46. The second-order valence-electron chi connectivity index (χ2n) is 6.46. The Balaban J connectivity index is 1.91. The van der Waals surface area contributed by atoms with Crippen molar-refractivity contribution >= 4 is 23.5 Å². The minimum atomic E-state index is -0.540. The number of benzene rings is 1. The van der Waals surface area contributed by atoms with Crippen molar-refractivity contribution in [2.75, 3.05) is 26.0 Å². The van der Waals surface area contributed by atoms with Gasteiger partial charge >= 0.3 is 6.03 Å². The summed E-state index contributed by atoms with van der Waals surface area (Å²) in [6.07, 6.45) is 2.56. The predicted molar refractivity (Wildman–Crippen MR) is 93.2 cm³/mol. The van der Waals surface area contributed by atoms with E-state index in [9.17, 15) is 14.4 Å². The summed E-state index contributed by atoms with van der Waals surface area (Å²) in [7, 11) is 3.30. The Morgan fingerprint density at radius 2 is 2.00 bits per heavy atom. The first-order chi connectivity index (χ1) is 11.8. The maximum Gasteiger partial charge on any atom is 0.319 e. The number of hydrogen-bond donors (Lipinski definition) is 3. The smallest absolute Gasteiger partial charge is 0.319 e. The molecule has 25 heavy (non-hydrogen) atoms. The molecule has 1 aliphatic rings. The van der Waals surface area contributed by atoms with Crippen LogP contribution in [0.2, 0.25) is 0 Å². The van der Waals surface area contributed by atoms with Crippen molar-refractivity contribution in [1.82, 2.24) is 10.2 Å². The molecule has 4 N–H and O–H groups in total. The van der Waals surface area contributed by atoms with Gasteiger partial charge in [0, 0.05) is 32.3 Å². The fraction of sp³-hybridized carbons (Fsp3) is 0.471. The highest BCUT2D eigenvalue weighted by atomic mass is 16.5. The highest BCUT2D eigenvalue weighted by Crippen LogP contribution is 2.34. The Morgan fingerprint density at radius 3 is 2.56 bits per heavy atom. The normalized spacial score (nSPS) is 14.8. The van der Waals surface area contributed by atoms with Gasteiger partial charge in [0.15, 0.2) is 6.61 Å². The lowest BCUT2D eigenvalue weighted by Crippen LogP contribution is -2.56. The first kappa shape index (κ1) is 18.6. The van der Waals surface area contributed by atoms with Gasteiger partial charge in [-0.25, -0.2) is 4.79 Å². The van der Waals surface area contributed by atoms with E-state index < -0.39 is 17.5 Å². The Morgan fingerprint density at radius 1 is 1.28 bits per heavy atom. The van der Waals surface area contributed by atoms with Crippen LogP contribution >= 0.6 is 0 Å². The highest BCUT2D eigenvalue weighted by Gasteiger charge is 2.39. The van der Waals surface area contributed by atoms with Crippen molar-refractivity contribution in [3.63, 3.8) is 0 Å². The largest absolute Gasteiger partial charge is 0.484 e. The van der Waals surface area contributed by atoms with Crippen LogP contribution in [0.4, 0.5) is 10.5 Å². The molecule has 0 spiro atoms. The number of hydrogen-bond acceptors (Lipinski definition) is 4. The lowest BCUT2D eigenvalue weighted by atomic mass is 9.74. The topological polar surface area (TPSA) is 114 Å². The number of carbonyl (C=O) groups excluding carboxylic acids is 3. The molecule has 0 saturated heterocycles. The van der Waals surface area contributed by atoms with Crippen LogP contribution in [0, 0.1) is 0 Å². The van der Waals surface area contributed by atoms with Gasteiger partial charge in [-0.3, -0.25) is 9.59 Å². The van der Waals surface area contributed by atoms with Gasteiger partial charge in [0.1, 0.15) is 5.75 Å². The van der Waals surface area contributed by atoms with Crippen molar-refractivity contribution in [1.29, 1.82) is 0 Å². The quantitative estimate of drug-likeness (QED) is 0.684. The number of likely N-dealkylation sites (N-methyl/N-ethyl adjacent to an activating group) is 1. The zero-order valence-corrected chi connectivity index (χ0v) is 14.5. The summed E-state index contributed by atoms with van der Waals surface area (Å²) in [5.74, 6) is -0.112. The first-order valence-corrected chi connectivity index (χ1v) is 8.10. The van der Waals surface area contributed by atoms with Crippen LogP contribution in [0.25, 0.3) is 0 Å². The fourth-order valence-corrected chi connectivity index (χ4v) is 2.62. The van der Waals surface area contributed by atoms with Crippen molar-refractivity contribution in [2.24, 2.45) is 5.73 Å². The number of rotatable bonds is 7. The summed E-state index contributed by atoms with van der Waals surface area (Å²) in [6, 6.07) is 6.36. The molecule has 4 amide bonds. The zero-order valence-electron chi connectivity index (χ0n) is 14.5. The summed E-state index contributed by atoms with van der Waals surface area (Å²) in [5.41, 5.74) is 5.25. The lowest BCUT2D eigenvalue weighted by Gasteiger charge is -2.41. The van der Waals surface area contributed by atoms with Crippen LogP contribution in [-0.4, -0.2) is 49.0 Å². The molecule has 0 unspecified atom stereocenters. The minimum absolute atomic E-state index is 0.0790. The monoisotopic (exact) mass is 348 g/mol. The molecule has 8 heteroatoms. The average molecular weight is 348 g/mol. The molecule has 1 aromatic rings. The summed E-state index contributed by atoms with van der Waals surface area (Å²) in [4.78, 5) is 36.3. The highest BCUT2D eigenvalue weighted by molar-refractivity contribution is 5.90. The number of urea groups is 1. The van der Waals surface area contributed by atoms with E-state index in [2.05, 4.69) is 10.6 Å². The van der Waals surface area contributed by atoms with Crippen LogP contribution in [0.3, 0.4) is 0 Å². The standard InChI is InChI=1S/C17H24N4O4/c1-21(2)15(23)11-25-13-6-3-5-12(9-13)19-16(24)20-17(7-4-8-17)10-14(18)22/h3,5-6,9H,4,7-8,10-11H2,1-2H3,(H2,18,22)(H2,19,20,24). The third-order valence-electron chi connectivity index (χ3n) is 4.15. The molecule has 0 aromatic heterocycles. The minimum Gasteiger partial charge on any atom is -0.484 e. The van der Waals surface area contributed by atoms with Crippen molar-refractivity contribution < 1.29 is 19.1 Å². The van der Waals surface area contributed by atoms with Crippen LogP contribution in [0.15, 0.2) is 24.3 Å². The van der Waals surface area contributed by atoms with E-state index in [1.165, 1.54) is 4.90 Å². The number of nitrogens with zero attached hydrogens (tertiary/aromatic N) is 1. The molecule has 0 heterocycles. The molecule has 0 atom stereocenters. The van der Waals surface area contributed by atoms with Crippen molar-refractivity contribution in [3.8, 4) is 5.75 Å². The first-order valence-electron chi connectivity index (χ1n) is 8.10. The average Bonchev–Trinajstić information content (AvgIpc) is 2.50. The van der Waals surface area contributed by atoms with E-state index in [-0.39, 0.29) is 18.9 Å². The van der Waals surface area contributed by atoms with E-state index >= 15 is 0 Å². The summed E-state index contributed by atoms with van der Waals surface area (Å²) >= 11 is 0. The molecular weight excluding hydrogens is 324 g/mol. The van der Waals surface area contributed by atoms with E-state index in [4.69, 9.17) is 10.5 Å². The van der Waals surface area contributed by atoms with Crippen LogP contribution in [0.1, 0.15) is 25.7 Å². The van der Waals surface area contributed by atoms with Crippen LogP contribution < -0.4 is 21.1 Å². The molecular formula is C17H24N4O4. The van der Waals surface area contributed by atoms with Gasteiger partial charge in [-0.15, -0.1) is 0 Å². The zero-order chi connectivity index (χ0) is 18.4. The summed E-state index contributed by atoms with van der Waals surface area (Å²) < 4.78 is 5.41. The molecule has 0 radical (unpaired) electrons. The maximum absolute atomic E-state index is 12.2. The third-order valence-corrected chi connectivity index (χ3v) is 4.15. The molecule has 2 rings (SSSR count). The third kappa shape index (κ3) is 5.37. The fourth-order valence-electron chi connectivity index (χ4n) is 2.62. The van der Waals surface area contributed by atoms with E-state index in [0.29, 0.717) is 11.4 Å². The van der Waals surface area contributed by atoms with Crippen molar-refractivity contribution in [2.45, 2.75) is 31.2 Å². The Labute approximate surface area is 146 Å². The molecule has 1 saturated carbocycles. The number of primary amides is 1. The van der Waals surface area contributed by atoms with E-state index in [1.807, 2.05) is 0 Å². The van der Waals surface area contributed by atoms with Gasteiger partial charge in [-0.2, -0.15) is 0 Å². The summed E-state index contributed by atoms with van der Waals surface area (Å²) in [6.45, 7) is -0.0790. The Hall–Kier alpha value is -2.77. The van der Waals surface area contributed by atoms with Gasteiger partial charge in [0.2, 0.25) is 5.91 Å². The van der Waals surface area contributed by atoms with Crippen molar-refractivity contribution in [3.05, 3.63) is 24.3 Å². The maximum atomic E-state index is 12.2. The number of nitrogens with one attached hydrogen (secondary N) is 2. The number of carbonyl (C=O) groups is 3. The molecule has 0 bridgehead atoms. The van der Waals surface area contributed by atoms with Crippen LogP contribution in [-0.2, 0) is 9.59 Å². The van der Waals surface area contributed by atoms with Gasteiger partial charge in [0.25, 0.3) is 5.91 Å². The number of amides is 4. The predicted octanol–water partition coefficient (Wildman–Crippen LogP) is 1.07. The second kappa shape index (κ2) is 7.87. The van der Waals surface area contributed by atoms with Gasteiger partial charge in [-0.1, -0.05) is 6.07 Å². The molecule has 136 valence electrons. The summed E-state index contributed by atoms with van der Waals surface area (Å²) in [5, 5.41) is 5.55. The van der Waals surface area contributed by atoms with E-state index in [0.717, 1.165) is 19.3 Å².